The maximum Gasteiger partial charge on any atom is 0.159 e. The molecule has 0 spiro atoms. The molecule has 0 saturated carbocycles. The van der Waals surface area contributed by atoms with Gasteiger partial charge in [0.05, 0.1) is 0 Å². The van der Waals surface area contributed by atoms with Crippen LogP contribution in [0.4, 0.5) is 4.39 Å². The molecular formula is C13H14FNO. The number of hydrogen-bond acceptors (Lipinski definition) is 2. The van der Waals surface area contributed by atoms with Gasteiger partial charge in [0, 0.05) is 12.0 Å². The summed E-state index contributed by atoms with van der Waals surface area (Å²) in [6.45, 7) is 2.09. The first-order valence-electron chi connectivity index (χ1n) is 5.24. The minimum Gasteiger partial charge on any atom is -0.410 e. The van der Waals surface area contributed by atoms with Gasteiger partial charge in [0.25, 0.3) is 0 Å². The van der Waals surface area contributed by atoms with Gasteiger partial charge in [0.1, 0.15) is 5.82 Å². The van der Waals surface area contributed by atoms with E-state index < -0.39 is 0 Å². The van der Waals surface area contributed by atoms with Crippen LogP contribution in [0.2, 0.25) is 0 Å². The van der Waals surface area contributed by atoms with Gasteiger partial charge >= 0.3 is 0 Å². The van der Waals surface area contributed by atoms with Crippen LogP contribution in [0, 0.1) is 17.7 Å². The van der Waals surface area contributed by atoms with Crippen molar-refractivity contribution in [3.63, 3.8) is 0 Å². The van der Waals surface area contributed by atoms with E-state index in [9.17, 15) is 4.39 Å². The summed E-state index contributed by atoms with van der Waals surface area (Å²) in [5, 5.41) is 11.9. The number of halogens is 1. The van der Waals surface area contributed by atoms with Crippen LogP contribution in [-0.2, 0) is 0 Å². The van der Waals surface area contributed by atoms with Crippen LogP contribution in [0.5, 0.6) is 0 Å². The van der Waals surface area contributed by atoms with Crippen LogP contribution in [0.3, 0.4) is 0 Å². The van der Waals surface area contributed by atoms with Gasteiger partial charge in [0.15, 0.2) is 5.71 Å². The minimum atomic E-state index is -0.319. The fourth-order valence-electron chi connectivity index (χ4n) is 1.17. The zero-order chi connectivity index (χ0) is 11.8. The molecule has 0 fully saturated rings. The molecule has 0 atom stereocenters. The molecule has 0 heterocycles. The van der Waals surface area contributed by atoms with Crippen LogP contribution in [0.25, 0.3) is 0 Å². The Morgan fingerprint density at radius 2 is 2.06 bits per heavy atom. The number of rotatable bonds is 3. The van der Waals surface area contributed by atoms with Crippen molar-refractivity contribution in [2.45, 2.75) is 26.2 Å². The van der Waals surface area contributed by atoms with Gasteiger partial charge in [-0.05, 0) is 36.6 Å². The van der Waals surface area contributed by atoms with Gasteiger partial charge in [-0.3, -0.25) is 0 Å². The Morgan fingerprint density at radius 3 is 2.62 bits per heavy atom. The highest BCUT2D eigenvalue weighted by Gasteiger charge is 2.00. The molecule has 0 bridgehead atoms. The second-order valence-electron chi connectivity index (χ2n) is 3.36. The largest absolute Gasteiger partial charge is 0.410 e. The van der Waals surface area contributed by atoms with Crippen LogP contribution >= 0.6 is 0 Å². The molecule has 2 nitrogen and oxygen atoms in total. The SMILES string of the molecule is CCCCC#CC(=NO)c1ccc(F)cc1. The van der Waals surface area contributed by atoms with Crippen molar-refractivity contribution in [1.29, 1.82) is 0 Å². The van der Waals surface area contributed by atoms with Gasteiger partial charge in [-0.2, -0.15) is 0 Å². The van der Waals surface area contributed by atoms with E-state index in [1.54, 1.807) is 12.1 Å². The highest BCUT2D eigenvalue weighted by Crippen LogP contribution is 2.04. The zero-order valence-corrected chi connectivity index (χ0v) is 9.20. The standard InChI is InChI=1S/C13H14FNO/c1-2-3-4-5-6-13(15-16)11-7-9-12(14)10-8-11/h7-10,16H,2-4H2,1H3. The first-order valence-corrected chi connectivity index (χ1v) is 5.24. The highest BCUT2D eigenvalue weighted by molar-refractivity contribution is 6.12. The first-order chi connectivity index (χ1) is 7.77. The van der Waals surface area contributed by atoms with Gasteiger partial charge in [-0.15, -0.1) is 0 Å². The lowest BCUT2D eigenvalue weighted by Gasteiger charge is -1.96. The normalized spacial score (nSPS) is 10.8. The summed E-state index contributed by atoms with van der Waals surface area (Å²) in [6, 6.07) is 5.71. The zero-order valence-electron chi connectivity index (χ0n) is 9.20. The van der Waals surface area contributed by atoms with E-state index in [1.165, 1.54) is 12.1 Å². The molecule has 0 radical (unpaired) electrons. The quantitative estimate of drug-likeness (QED) is 0.273. The molecule has 0 amide bonds. The molecule has 1 rings (SSSR count). The highest BCUT2D eigenvalue weighted by atomic mass is 19.1. The molecule has 1 aromatic carbocycles. The lowest BCUT2D eigenvalue weighted by Crippen LogP contribution is -1.97. The van der Waals surface area contributed by atoms with Crippen molar-refractivity contribution in [3.05, 3.63) is 35.6 Å². The average Bonchev–Trinajstić information content (AvgIpc) is 2.31. The number of unbranched alkanes of at least 4 members (excludes halogenated alkanes) is 2. The Morgan fingerprint density at radius 1 is 1.38 bits per heavy atom. The topological polar surface area (TPSA) is 32.6 Å². The smallest absolute Gasteiger partial charge is 0.159 e. The Kier molecular flexibility index (Phi) is 5.07. The van der Waals surface area contributed by atoms with Crippen molar-refractivity contribution in [1.82, 2.24) is 0 Å². The molecule has 0 aliphatic carbocycles. The van der Waals surface area contributed by atoms with E-state index in [4.69, 9.17) is 5.21 Å². The van der Waals surface area contributed by atoms with E-state index in [2.05, 4.69) is 23.9 Å². The lowest BCUT2D eigenvalue weighted by atomic mass is 10.1. The maximum atomic E-state index is 12.7. The number of hydrogen-bond donors (Lipinski definition) is 1. The van der Waals surface area contributed by atoms with Crippen molar-refractivity contribution >= 4 is 5.71 Å². The molecule has 1 aromatic rings. The molecule has 3 heteroatoms. The van der Waals surface area contributed by atoms with Crippen LogP contribution in [0.1, 0.15) is 31.7 Å². The molecule has 0 unspecified atom stereocenters. The van der Waals surface area contributed by atoms with Gasteiger partial charge in [-0.25, -0.2) is 4.39 Å². The van der Waals surface area contributed by atoms with E-state index in [-0.39, 0.29) is 11.5 Å². The second kappa shape index (κ2) is 6.62. The monoisotopic (exact) mass is 219 g/mol. The summed E-state index contributed by atoms with van der Waals surface area (Å²) in [7, 11) is 0. The Labute approximate surface area is 94.8 Å². The minimum absolute atomic E-state index is 0.274. The van der Waals surface area contributed by atoms with E-state index in [1.807, 2.05) is 0 Å². The molecule has 16 heavy (non-hydrogen) atoms. The second-order valence-corrected chi connectivity index (χ2v) is 3.36. The molecule has 0 saturated heterocycles. The Bertz CT molecular complexity index is 412. The maximum absolute atomic E-state index is 12.7. The van der Waals surface area contributed by atoms with E-state index in [0.717, 1.165) is 19.3 Å². The first kappa shape index (κ1) is 12.3. The van der Waals surface area contributed by atoms with E-state index >= 15 is 0 Å². The summed E-state index contributed by atoms with van der Waals surface area (Å²) in [6.07, 6.45) is 2.88. The summed E-state index contributed by atoms with van der Waals surface area (Å²) in [5.74, 6) is 5.36. The third kappa shape index (κ3) is 3.74. The Balaban J connectivity index is 2.74. The third-order valence-corrected chi connectivity index (χ3v) is 2.08. The molecule has 0 aromatic heterocycles. The Hall–Kier alpha value is -1.82. The molecule has 84 valence electrons. The third-order valence-electron chi connectivity index (χ3n) is 2.08. The van der Waals surface area contributed by atoms with Crippen LogP contribution < -0.4 is 0 Å². The van der Waals surface area contributed by atoms with Crippen molar-refractivity contribution < 1.29 is 9.60 Å². The molecule has 0 aliphatic rings. The molecular weight excluding hydrogens is 205 g/mol. The van der Waals surface area contributed by atoms with Crippen molar-refractivity contribution in [3.8, 4) is 11.8 Å². The predicted molar refractivity (Wildman–Crippen MR) is 62.0 cm³/mol. The predicted octanol–water partition coefficient (Wildman–Crippen LogP) is 3.20. The van der Waals surface area contributed by atoms with Gasteiger partial charge < -0.3 is 5.21 Å². The van der Waals surface area contributed by atoms with E-state index in [0.29, 0.717) is 5.56 Å². The number of oxime groups is 1. The number of nitrogens with zero attached hydrogens (tertiary/aromatic N) is 1. The summed E-state index contributed by atoms with van der Waals surface area (Å²) >= 11 is 0. The van der Waals surface area contributed by atoms with Gasteiger partial charge in [-0.1, -0.05) is 24.4 Å². The lowest BCUT2D eigenvalue weighted by molar-refractivity contribution is 0.320. The summed E-state index contributed by atoms with van der Waals surface area (Å²) < 4.78 is 12.7. The average molecular weight is 219 g/mol. The van der Waals surface area contributed by atoms with Crippen LogP contribution in [0.15, 0.2) is 29.4 Å². The summed E-state index contributed by atoms with van der Waals surface area (Å²) in [4.78, 5) is 0. The van der Waals surface area contributed by atoms with Crippen molar-refractivity contribution in [2.75, 3.05) is 0 Å². The van der Waals surface area contributed by atoms with Crippen LogP contribution in [-0.4, -0.2) is 10.9 Å². The van der Waals surface area contributed by atoms with Crippen molar-refractivity contribution in [2.24, 2.45) is 5.16 Å². The van der Waals surface area contributed by atoms with Gasteiger partial charge in [0.2, 0.25) is 0 Å². The molecule has 0 aliphatic heterocycles. The fourth-order valence-corrected chi connectivity index (χ4v) is 1.17. The number of benzene rings is 1. The molecule has 1 N–H and O–H groups in total. The summed E-state index contributed by atoms with van der Waals surface area (Å²) in [5.41, 5.74) is 0.893. The fraction of sp³-hybridized carbons (Fsp3) is 0.308.